The summed E-state index contributed by atoms with van der Waals surface area (Å²) in [6.45, 7) is 0. The molecule has 2 fully saturated rings. The van der Waals surface area contributed by atoms with Gasteiger partial charge in [-0.1, -0.05) is 55.7 Å². The minimum absolute atomic E-state index is 0.208. The largest absolute Gasteiger partial charge is 0.366 e. The molecule has 2 aliphatic rings. The van der Waals surface area contributed by atoms with Gasteiger partial charge in [0.15, 0.2) is 0 Å². The smallest absolute Gasteiger partial charge is 0.244 e. The van der Waals surface area contributed by atoms with Crippen molar-refractivity contribution in [2.75, 3.05) is 11.5 Å². The van der Waals surface area contributed by atoms with Crippen LogP contribution in [-0.2, 0) is 4.79 Å². The van der Waals surface area contributed by atoms with E-state index < -0.39 is 0 Å². The Hall–Kier alpha value is 0.610. The first-order chi connectivity index (χ1) is 11.8. The number of amides is 1. The highest BCUT2D eigenvalue weighted by Gasteiger charge is 2.15. The molecule has 0 aromatic carbocycles. The van der Waals surface area contributed by atoms with Crippen molar-refractivity contribution < 1.29 is 4.79 Å². The lowest BCUT2D eigenvalue weighted by Gasteiger charge is -2.20. The van der Waals surface area contributed by atoms with Crippen LogP contribution in [0.1, 0.15) is 70.6 Å². The zero-order valence-electron chi connectivity index (χ0n) is 14.5. The number of carbonyl (C=O) groups is 1. The Morgan fingerprint density at radius 3 is 2.12 bits per heavy atom. The molecular formula is C18H31NOS4. The lowest BCUT2D eigenvalue weighted by Crippen LogP contribution is -2.15. The van der Waals surface area contributed by atoms with Crippen LogP contribution in [0.5, 0.6) is 0 Å². The third-order valence-electron chi connectivity index (χ3n) is 4.58. The van der Waals surface area contributed by atoms with Crippen LogP contribution in [0.25, 0.3) is 0 Å². The summed E-state index contributed by atoms with van der Waals surface area (Å²) >= 11 is 0. The van der Waals surface area contributed by atoms with Crippen LogP contribution < -0.4 is 5.73 Å². The topological polar surface area (TPSA) is 43.1 Å². The Labute approximate surface area is 163 Å². The molecule has 0 saturated carbocycles. The summed E-state index contributed by atoms with van der Waals surface area (Å²) in [5, 5.41) is 1.64. The van der Waals surface area contributed by atoms with Gasteiger partial charge in [-0.3, -0.25) is 4.79 Å². The van der Waals surface area contributed by atoms with E-state index in [0.717, 1.165) is 35.3 Å². The summed E-state index contributed by atoms with van der Waals surface area (Å²) in [5.74, 6) is 2.41. The van der Waals surface area contributed by atoms with Crippen molar-refractivity contribution in [2.24, 2.45) is 5.73 Å². The number of primary amides is 1. The van der Waals surface area contributed by atoms with E-state index in [-0.39, 0.29) is 5.91 Å². The molecule has 0 aromatic heterocycles. The Morgan fingerprint density at radius 2 is 1.58 bits per heavy atom. The molecule has 2 saturated heterocycles. The number of nitrogens with two attached hydrogens (primary N) is 1. The maximum absolute atomic E-state index is 11.6. The van der Waals surface area contributed by atoms with Crippen molar-refractivity contribution in [3.05, 3.63) is 11.6 Å². The van der Waals surface area contributed by atoms with Crippen LogP contribution in [0.4, 0.5) is 0 Å². The maximum Gasteiger partial charge on any atom is 0.244 e. The Kier molecular flexibility index (Phi) is 11.2. The van der Waals surface area contributed by atoms with Crippen molar-refractivity contribution in [1.29, 1.82) is 0 Å². The molecule has 2 N–H and O–H groups in total. The van der Waals surface area contributed by atoms with Crippen molar-refractivity contribution >= 4 is 49.1 Å². The molecule has 0 aliphatic carbocycles. The summed E-state index contributed by atoms with van der Waals surface area (Å²) in [6, 6.07) is 0. The second-order valence-corrected chi connectivity index (χ2v) is 12.2. The summed E-state index contributed by atoms with van der Waals surface area (Å²) in [6.07, 6.45) is 15.6. The van der Waals surface area contributed by atoms with E-state index in [1.165, 1.54) is 62.9 Å². The molecule has 24 heavy (non-hydrogen) atoms. The van der Waals surface area contributed by atoms with Gasteiger partial charge in [-0.2, -0.15) is 0 Å². The first-order valence-electron chi connectivity index (χ1n) is 9.31. The lowest BCUT2D eigenvalue weighted by molar-refractivity contribution is -0.114. The predicted octanol–water partition coefficient (Wildman–Crippen LogP) is 6.22. The van der Waals surface area contributed by atoms with E-state index in [1.807, 2.05) is 32.4 Å². The number of hydrogen-bond donors (Lipinski definition) is 1. The average molecular weight is 406 g/mol. The zero-order valence-corrected chi connectivity index (χ0v) is 17.8. The minimum Gasteiger partial charge on any atom is -0.366 e. The molecule has 2 heterocycles. The Bertz CT molecular complexity index is 390. The predicted molar refractivity (Wildman–Crippen MR) is 116 cm³/mol. The summed E-state index contributed by atoms with van der Waals surface area (Å²) < 4.78 is 0. The maximum atomic E-state index is 11.6. The minimum atomic E-state index is -0.208. The highest BCUT2D eigenvalue weighted by atomic mass is 33.1. The van der Waals surface area contributed by atoms with E-state index in [0.29, 0.717) is 0 Å². The third-order valence-corrected chi connectivity index (χ3v) is 10.7. The van der Waals surface area contributed by atoms with Crippen LogP contribution in [0, 0.1) is 0 Å². The monoisotopic (exact) mass is 405 g/mol. The fourth-order valence-electron chi connectivity index (χ4n) is 3.15. The molecule has 0 spiro atoms. The fraction of sp³-hybridized carbons (Fsp3) is 0.833. The molecule has 0 bridgehead atoms. The molecule has 6 heteroatoms. The summed E-state index contributed by atoms with van der Waals surface area (Å²) in [5.41, 5.74) is 6.43. The van der Waals surface area contributed by atoms with E-state index >= 15 is 0 Å². The van der Waals surface area contributed by atoms with Crippen LogP contribution in [-0.4, -0.2) is 27.9 Å². The number of rotatable bonds is 10. The first kappa shape index (κ1) is 20.9. The molecule has 2 rings (SSSR count). The molecule has 2 aliphatic heterocycles. The van der Waals surface area contributed by atoms with Gasteiger partial charge in [-0.25, -0.2) is 0 Å². The van der Waals surface area contributed by atoms with Crippen molar-refractivity contribution in [3.63, 3.8) is 0 Å². The highest BCUT2D eigenvalue weighted by Crippen LogP contribution is 2.39. The van der Waals surface area contributed by atoms with Crippen molar-refractivity contribution in [1.82, 2.24) is 0 Å². The van der Waals surface area contributed by atoms with Crippen molar-refractivity contribution in [3.8, 4) is 0 Å². The zero-order chi connectivity index (χ0) is 17.0. The molecule has 2 unspecified atom stereocenters. The van der Waals surface area contributed by atoms with Crippen LogP contribution in [0.3, 0.4) is 0 Å². The van der Waals surface area contributed by atoms with Gasteiger partial charge in [0.25, 0.3) is 0 Å². The second-order valence-electron chi connectivity index (χ2n) is 6.64. The highest BCUT2D eigenvalue weighted by molar-refractivity contribution is 8.77. The van der Waals surface area contributed by atoms with Crippen LogP contribution in [0.2, 0.25) is 0 Å². The van der Waals surface area contributed by atoms with Crippen molar-refractivity contribution in [2.45, 2.75) is 81.1 Å². The lowest BCUT2D eigenvalue weighted by atomic mass is 10.0. The molecule has 0 aromatic rings. The quantitative estimate of drug-likeness (QED) is 0.266. The summed E-state index contributed by atoms with van der Waals surface area (Å²) in [7, 11) is 8.16. The fourth-order valence-corrected chi connectivity index (χ4v) is 8.94. The molecule has 138 valence electrons. The van der Waals surface area contributed by atoms with Gasteiger partial charge in [0.1, 0.15) is 0 Å². The van der Waals surface area contributed by atoms with E-state index in [4.69, 9.17) is 5.73 Å². The van der Waals surface area contributed by atoms with Crippen LogP contribution in [0.15, 0.2) is 11.6 Å². The van der Waals surface area contributed by atoms with Gasteiger partial charge in [-0.05, 0) is 64.2 Å². The first-order valence-corrected chi connectivity index (χ1v) is 14.1. The normalized spacial score (nSPS) is 25.6. The number of allylic oxidation sites excluding steroid dienone is 1. The van der Waals surface area contributed by atoms with Gasteiger partial charge >= 0.3 is 0 Å². The van der Waals surface area contributed by atoms with Crippen LogP contribution >= 0.6 is 43.2 Å². The molecular weight excluding hydrogens is 374 g/mol. The van der Waals surface area contributed by atoms with Gasteiger partial charge in [0.2, 0.25) is 5.91 Å². The third kappa shape index (κ3) is 8.81. The molecule has 0 radical (unpaired) electrons. The molecule has 2 atom stereocenters. The van der Waals surface area contributed by atoms with E-state index in [2.05, 4.69) is 16.9 Å². The number of unbranched alkanes of at least 4 members (excludes halogenated alkanes) is 2. The summed E-state index contributed by atoms with van der Waals surface area (Å²) in [4.78, 5) is 11.6. The van der Waals surface area contributed by atoms with Gasteiger partial charge < -0.3 is 5.73 Å². The molecule has 2 nitrogen and oxygen atoms in total. The SMILES string of the molecule is NC(=O)/C(=C\CCCCC1CCCSS1)CCCC1CCCSS1. The van der Waals surface area contributed by atoms with E-state index in [1.54, 1.807) is 0 Å². The Morgan fingerprint density at radius 1 is 0.958 bits per heavy atom. The van der Waals surface area contributed by atoms with Gasteiger partial charge in [0.05, 0.1) is 0 Å². The Balaban J connectivity index is 1.58. The van der Waals surface area contributed by atoms with Gasteiger partial charge in [0, 0.05) is 27.6 Å². The molecule has 1 amide bonds. The number of hydrogen-bond acceptors (Lipinski definition) is 5. The average Bonchev–Trinajstić information content (AvgIpc) is 2.61. The standard InChI is InChI=1S/C18H31NOS4/c19-18(20)15(8-4-10-17-12-6-14-22-24-17)7-2-1-3-9-16-11-5-13-21-23-16/h7,16-17H,1-6,8-14H2,(H2,19,20)/b15-7-. The number of carbonyl (C=O) groups excluding carboxylic acids is 1. The second kappa shape index (κ2) is 12.9. The van der Waals surface area contributed by atoms with E-state index in [9.17, 15) is 4.79 Å². The van der Waals surface area contributed by atoms with Gasteiger partial charge in [-0.15, -0.1) is 0 Å².